The molecule has 0 bridgehead atoms. The third-order valence-electron chi connectivity index (χ3n) is 3.27. The molecule has 0 amide bonds. The average Bonchev–Trinajstić information content (AvgIpc) is 2.47. The molecular weight excluding hydrogens is 278 g/mol. The van der Waals surface area contributed by atoms with Gasteiger partial charge in [-0.25, -0.2) is 4.79 Å². The molecule has 1 fully saturated rings. The minimum Gasteiger partial charge on any atom is -0.480 e. The molecule has 3 N–H and O–H groups in total. The van der Waals surface area contributed by atoms with Crippen LogP contribution in [-0.4, -0.2) is 72.0 Å². The van der Waals surface area contributed by atoms with Crippen LogP contribution in [0.1, 0.15) is 10.5 Å². The van der Waals surface area contributed by atoms with Crippen LogP contribution in [-0.2, 0) is 9.53 Å². The molecule has 1 saturated heterocycles. The number of nitrogen functional groups attached to an aromatic ring is 1. The summed E-state index contributed by atoms with van der Waals surface area (Å²) in [4.78, 5) is 25.9. The number of nitrogens with two attached hydrogens (primary N) is 1. The van der Waals surface area contributed by atoms with Crippen molar-refractivity contribution in [2.75, 3.05) is 50.5 Å². The minimum atomic E-state index is -0.846. The number of carboxylic acid groups (broad SMARTS) is 1. The van der Waals surface area contributed by atoms with E-state index in [1.165, 1.54) is 7.11 Å². The summed E-state index contributed by atoms with van der Waals surface area (Å²) in [6.07, 6.45) is 0. The minimum absolute atomic E-state index is 0.0192. The maximum atomic E-state index is 11.5. The summed E-state index contributed by atoms with van der Waals surface area (Å²) in [5, 5.41) is 16.2. The summed E-state index contributed by atoms with van der Waals surface area (Å²) >= 11 is 0. The van der Waals surface area contributed by atoms with Crippen LogP contribution in [0.5, 0.6) is 0 Å². The lowest BCUT2D eigenvalue weighted by Crippen LogP contribution is -2.48. The normalized spacial score (nSPS) is 15.8. The maximum absolute atomic E-state index is 11.5. The van der Waals surface area contributed by atoms with Crippen LogP contribution in [0.15, 0.2) is 6.07 Å². The van der Waals surface area contributed by atoms with Crippen molar-refractivity contribution in [1.29, 1.82) is 0 Å². The molecule has 9 heteroatoms. The maximum Gasteiger partial charge on any atom is 0.358 e. The van der Waals surface area contributed by atoms with Crippen LogP contribution in [0.25, 0.3) is 0 Å². The summed E-state index contributed by atoms with van der Waals surface area (Å²) in [6.45, 7) is 2.42. The number of piperazine rings is 1. The van der Waals surface area contributed by atoms with E-state index in [0.29, 0.717) is 31.9 Å². The Bertz CT molecular complexity index is 542. The fraction of sp³-hybridized carbons (Fsp3) is 0.500. The van der Waals surface area contributed by atoms with E-state index in [2.05, 4.69) is 14.9 Å². The zero-order valence-electron chi connectivity index (χ0n) is 11.7. The van der Waals surface area contributed by atoms with Gasteiger partial charge in [-0.15, -0.1) is 10.2 Å². The highest BCUT2D eigenvalue weighted by molar-refractivity contribution is 5.89. The van der Waals surface area contributed by atoms with Crippen molar-refractivity contribution in [1.82, 2.24) is 15.1 Å². The van der Waals surface area contributed by atoms with Crippen LogP contribution in [0, 0.1) is 0 Å². The van der Waals surface area contributed by atoms with Gasteiger partial charge in [0.05, 0.1) is 19.3 Å². The van der Waals surface area contributed by atoms with Crippen molar-refractivity contribution in [3.05, 3.63) is 11.8 Å². The van der Waals surface area contributed by atoms with Crippen LogP contribution < -0.4 is 10.6 Å². The number of hydrogen-bond acceptors (Lipinski definition) is 8. The lowest BCUT2D eigenvalue weighted by atomic mass is 10.2. The Kier molecular flexibility index (Phi) is 4.53. The van der Waals surface area contributed by atoms with Crippen LogP contribution in [0.3, 0.4) is 0 Å². The van der Waals surface area contributed by atoms with E-state index < -0.39 is 11.9 Å². The first-order valence-corrected chi connectivity index (χ1v) is 6.42. The molecular formula is C12H17N5O4. The Morgan fingerprint density at radius 2 is 2.00 bits per heavy atom. The third-order valence-corrected chi connectivity index (χ3v) is 3.27. The van der Waals surface area contributed by atoms with Gasteiger partial charge in [0.2, 0.25) is 0 Å². The van der Waals surface area contributed by atoms with Crippen LogP contribution in [0.2, 0.25) is 0 Å². The van der Waals surface area contributed by atoms with E-state index in [1.54, 1.807) is 6.07 Å². The summed E-state index contributed by atoms with van der Waals surface area (Å²) in [5.74, 6) is -1.19. The van der Waals surface area contributed by atoms with E-state index in [-0.39, 0.29) is 18.1 Å². The van der Waals surface area contributed by atoms with Gasteiger partial charge in [-0.1, -0.05) is 0 Å². The van der Waals surface area contributed by atoms with Crippen molar-refractivity contribution >= 4 is 23.4 Å². The smallest absolute Gasteiger partial charge is 0.358 e. The Hall–Kier alpha value is -2.42. The molecule has 0 aromatic carbocycles. The standard InChI is InChI=1S/C12H17N5O4/c1-21-12(20)8-6-9(11(13)15-14-8)17-4-2-16(3-5-17)7-10(18)19/h6H,2-5,7H2,1H3,(H2,13,15)(H,18,19). The Labute approximate surface area is 121 Å². The van der Waals surface area contributed by atoms with Crippen LogP contribution >= 0.6 is 0 Å². The molecule has 0 aliphatic carbocycles. The zero-order valence-corrected chi connectivity index (χ0v) is 11.7. The highest BCUT2D eigenvalue weighted by atomic mass is 16.5. The van der Waals surface area contributed by atoms with Crippen molar-refractivity contribution in [3.63, 3.8) is 0 Å². The quantitative estimate of drug-likeness (QED) is 0.677. The van der Waals surface area contributed by atoms with Crippen molar-refractivity contribution in [2.24, 2.45) is 0 Å². The molecule has 1 aromatic heterocycles. The highest BCUT2D eigenvalue weighted by Crippen LogP contribution is 2.22. The van der Waals surface area contributed by atoms with Crippen molar-refractivity contribution in [2.45, 2.75) is 0 Å². The van der Waals surface area contributed by atoms with Gasteiger partial charge in [0.15, 0.2) is 11.5 Å². The Morgan fingerprint density at radius 1 is 1.33 bits per heavy atom. The van der Waals surface area contributed by atoms with Crippen molar-refractivity contribution in [3.8, 4) is 0 Å². The molecule has 0 atom stereocenters. The monoisotopic (exact) mass is 295 g/mol. The number of carbonyl (C=O) groups excluding carboxylic acids is 1. The number of methoxy groups -OCH3 is 1. The van der Waals surface area contributed by atoms with E-state index in [1.807, 2.05) is 9.80 Å². The van der Waals surface area contributed by atoms with Crippen molar-refractivity contribution < 1.29 is 19.4 Å². The highest BCUT2D eigenvalue weighted by Gasteiger charge is 2.22. The molecule has 0 unspecified atom stereocenters. The first-order chi connectivity index (χ1) is 10.0. The topological polar surface area (TPSA) is 122 Å². The van der Waals surface area contributed by atoms with Gasteiger partial charge in [-0.05, 0) is 0 Å². The molecule has 2 rings (SSSR count). The lowest BCUT2D eigenvalue weighted by Gasteiger charge is -2.35. The van der Waals surface area contributed by atoms with Gasteiger partial charge in [0, 0.05) is 32.2 Å². The lowest BCUT2D eigenvalue weighted by molar-refractivity contribution is -0.138. The fourth-order valence-electron chi connectivity index (χ4n) is 2.19. The van der Waals surface area contributed by atoms with E-state index in [9.17, 15) is 9.59 Å². The van der Waals surface area contributed by atoms with Gasteiger partial charge >= 0.3 is 11.9 Å². The molecule has 0 saturated carbocycles. The number of rotatable bonds is 4. The average molecular weight is 295 g/mol. The van der Waals surface area contributed by atoms with Gasteiger partial charge in [-0.2, -0.15) is 0 Å². The molecule has 1 aliphatic rings. The van der Waals surface area contributed by atoms with E-state index in [4.69, 9.17) is 10.8 Å². The number of anilines is 2. The third kappa shape index (κ3) is 3.57. The summed E-state index contributed by atoms with van der Waals surface area (Å²) in [5.41, 5.74) is 6.51. The second kappa shape index (κ2) is 6.35. The molecule has 0 spiro atoms. The molecule has 1 aliphatic heterocycles. The number of aliphatic carboxylic acids is 1. The summed E-state index contributed by atoms with van der Waals surface area (Å²) in [7, 11) is 1.27. The van der Waals surface area contributed by atoms with Gasteiger partial charge in [-0.3, -0.25) is 9.69 Å². The summed E-state index contributed by atoms with van der Waals surface area (Å²) < 4.78 is 4.61. The number of nitrogens with zero attached hydrogens (tertiary/aromatic N) is 4. The first kappa shape index (κ1) is 15.0. The molecule has 21 heavy (non-hydrogen) atoms. The number of carboxylic acids is 1. The molecule has 114 valence electrons. The predicted molar refractivity (Wildman–Crippen MR) is 74.1 cm³/mol. The SMILES string of the molecule is COC(=O)c1cc(N2CCN(CC(=O)O)CC2)c(N)nn1. The van der Waals surface area contributed by atoms with Gasteiger partial charge < -0.3 is 20.5 Å². The second-order valence-corrected chi connectivity index (χ2v) is 4.65. The Balaban J connectivity index is 2.09. The molecule has 2 heterocycles. The molecule has 0 radical (unpaired) electrons. The second-order valence-electron chi connectivity index (χ2n) is 4.65. The molecule has 9 nitrogen and oxygen atoms in total. The predicted octanol–water partition coefficient (Wildman–Crippen LogP) is -0.948. The van der Waals surface area contributed by atoms with Gasteiger partial charge in [0.25, 0.3) is 0 Å². The van der Waals surface area contributed by atoms with E-state index >= 15 is 0 Å². The zero-order chi connectivity index (χ0) is 15.4. The number of hydrogen-bond donors (Lipinski definition) is 2. The molecule has 1 aromatic rings. The number of ether oxygens (including phenoxy) is 1. The first-order valence-electron chi connectivity index (χ1n) is 6.42. The van der Waals surface area contributed by atoms with Gasteiger partial charge in [0.1, 0.15) is 0 Å². The fourth-order valence-corrected chi connectivity index (χ4v) is 2.19. The van der Waals surface area contributed by atoms with Crippen LogP contribution in [0.4, 0.5) is 11.5 Å². The van der Waals surface area contributed by atoms with E-state index in [0.717, 1.165) is 0 Å². The largest absolute Gasteiger partial charge is 0.480 e. The summed E-state index contributed by atoms with van der Waals surface area (Å²) in [6, 6.07) is 1.54. The number of esters is 1. The number of aromatic nitrogens is 2. The number of carbonyl (C=O) groups is 2. The Morgan fingerprint density at radius 3 is 2.57 bits per heavy atom.